The molecule has 1 aliphatic heterocycles. The van der Waals surface area contributed by atoms with E-state index in [4.69, 9.17) is 0 Å². The summed E-state index contributed by atoms with van der Waals surface area (Å²) in [6.07, 6.45) is 2.13. The fourth-order valence-electron chi connectivity index (χ4n) is 3.81. The van der Waals surface area contributed by atoms with Gasteiger partial charge < -0.3 is 10.0 Å². The van der Waals surface area contributed by atoms with Gasteiger partial charge in [-0.05, 0) is 49.0 Å². The molecule has 0 unspecified atom stereocenters. The highest BCUT2D eigenvalue weighted by atomic mass is 35.5. The molecule has 2 aromatic carbocycles. The number of hydrogen-bond acceptors (Lipinski definition) is 3. The Balaban J connectivity index is 0.00000182. The van der Waals surface area contributed by atoms with Gasteiger partial charge in [0.1, 0.15) is 0 Å². The second-order valence-corrected chi connectivity index (χ2v) is 6.98. The molecule has 0 spiro atoms. The van der Waals surface area contributed by atoms with Crippen LogP contribution in [0, 0.1) is 0 Å². The van der Waals surface area contributed by atoms with Crippen LogP contribution < -0.4 is 4.90 Å². The lowest BCUT2D eigenvalue weighted by atomic mass is 9.86. The first-order valence-electron chi connectivity index (χ1n) is 8.86. The molecule has 1 fully saturated rings. The summed E-state index contributed by atoms with van der Waals surface area (Å²) in [4.78, 5) is 16.0. The Labute approximate surface area is 174 Å². The fraction of sp³-hybridized carbons (Fsp3) is 0.381. The van der Waals surface area contributed by atoms with E-state index >= 15 is 0 Å². The van der Waals surface area contributed by atoms with Crippen LogP contribution in [0.4, 0.5) is 5.69 Å². The van der Waals surface area contributed by atoms with Crippen molar-refractivity contribution >= 4 is 36.5 Å². The summed E-state index contributed by atoms with van der Waals surface area (Å²) in [6.45, 7) is 3.08. The number of carbonyl (C=O) groups is 1. The Hall–Kier alpha value is -1.75. The standard InChI is InChI=1S/C21H26N2O2.2ClH/c1-22(2)20-18(9-6-10-19(20)21(24)25)17-11-13-23(14-12-17)15-16-7-4-3-5-8-16;;/h3-10,17H,11-15H2,1-2H3,(H,24,25);2*1H. The quantitative estimate of drug-likeness (QED) is 0.777. The molecule has 1 saturated heterocycles. The molecule has 0 aromatic heterocycles. The lowest BCUT2D eigenvalue weighted by Crippen LogP contribution is -2.33. The molecule has 0 amide bonds. The number of aromatic carboxylic acids is 1. The van der Waals surface area contributed by atoms with Gasteiger partial charge in [0.15, 0.2) is 0 Å². The van der Waals surface area contributed by atoms with Gasteiger partial charge in [0.25, 0.3) is 0 Å². The van der Waals surface area contributed by atoms with E-state index in [2.05, 4.69) is 35.2 Å². The van der Waals surface area contributed by atoms with Crippen LogP contribution >= 0.6 is 24.8 Å². The summed E-state index contributed by atoms with van der Waals surface area (Å²) in [7, 11) is 3.85. The third-order valence-corrected chi connectivity index (χ3v) is 5.02. The number of piperidine rings is 1. The van der Waals surface area contributed by atoms with Crippen molar-refractivity contribution in [1.82, 2.24) is 4.90 Å². The molecule has 1 N–H and O–H groups in total. The highest BCUT2D eigenvalue weighted by Gasteiger charge is 2.25. The number of rotatable bonds is 5. The van der Waals surface area contributed by atoms with Gasteiger partial charge in [0.05, 0.1) is 11.3 Å². The molecule has 0 atom stereocenters. The van der Waals surface area contributed by atoms with Gasteiger partial charge in [-0.2, -0.15) is 0 Å². The summed E-state index contributed by atoms with van der Waals surface area (Å²) < 4.78 is 0. The summed E-state index contributed by atoms with van der Waals surface area (Å²) in [5.74, 6) is -0.434. The number of halogens is 2. The van der Waals surface area contributed by atoms with Crippen LogP contribution in [0.3, 0.4) is 0 Å². The number of hydrogen-bond donors (Lipinski definition) is 1. The molecule has 6 heteroatoms. The van der Waals surface area contributed by atoms with E-state index in [0.717, 1.165) is 38.2 Å². The summed E-state index contributed by atoms with van der Waals surface area (Å²) >= 11 is 0. The van der Waals surface area contributed by atoms with Crippen LogP contribution in [0.5, 0.6) is 0 Å². The fourth-order valence-corrected chi connectivity index (χ4v) is 3.81. The van der Waals surface area contributed by atoms with Gasteiger partial charge in [-0.25, -0.2) is 4.79 Å². The Morgan fingerprint density at radius 1 is 1.04 bits per heavy atom. The summed E-state index contributed by atoms with van der Waals surface area (Å²) in [5, 5.41) is 9.51. The number of anilines is 1. The highest BCUT2D eigenvalue weighted by Crippen LogP contribution is 2.36. The van der Waals surface area contributed by atoms with Crippen LogP contribution in [-0.4, -0.2) is 43.2 Å². The van der Waals surface area contributed by atoms with Crippen LogP contribution in [0.2, 0.25) is 0 Å². The third kappa shape index (κ3) is 5.61. The Morgan fingerprint density at radius 2 is 1.67 bits per heavy atom. The maximum absolute atomic E-state index is 11.6. The minimum Gasteiger partial charge on any atom is -0.478 e. The zero-order valence-corrected chi connectivity index (χ0v) is 17.4. The van der Waals surface area contributed by atoms with Crippen molar-refractivity contribution in [2.45, 2.75) is 25.3 Å². The van der Waals surface area contributed by atoms with Gasteiger partial charge in [0.2, 0.25) is 0 Å². The summed E-state index contributed by atoms with van der Waals surface area (Å²) in [6, 6.07) is 16.2. The lowest BCUT2D eigenvalue weighted by Gasteiger charge is -2.34. The van der Waals surface area contributed by atoms with Crippen LogP contribution in [0.25, 0.3) is 0 Å². The minimum atomic E-state index is -0.855. The van der Waals surface area contributed by atoms with Crippen LogP contribution in [-0.2, 0) is 6.54 Å². The molecule has 1 heterocycles. The first kappa shape index (κ1) is 23.3. The molecule has 4 nitrogen and oxygen atoms in total. The van der Waals surface area contributed by atoms with E-state index < -0.39 is 5.97 Å². The zero-order chi connectivity index (χ0) is 17.8. The van der Waals surface area contributed by atoms with E-state index in [1.807, 2.05) is 31.1 Å². The van der Waals surface area contributed by atoms with E-state index in [9.17, 15) is 9.90 Å². The molecule has 0 bridgehead atoms. The molecule has 27 heavy (non-hydrogen) atoms. The Bertz CT molecular complexity index is 730. The number of likely N-dealkylation sites (tertiary alicyclic amines) is 1. The van der Waals surface area contributed by atoms with Gasteiger partial charge >= 0.3 is 5.97 Å². The molecule has 0 radical (unpaired) electrons. The number of carboxylic acids is 1. The summed E-state index contributed by atoms with van der Waals surface area (Å²) in [5.41, 5.74) is 3.78. The van der Waals surface area contributed by atoms with Gasteiger partial charge in [-0.3, -0.25) is 4.90 Å². The maximum Gasteiger partial charge on any atom is 0.337 e. The average Bonchev–Trinajstić information content (AvgIpc) is 2.62. The first-order chi connectivity index (χ1) is 12.1. The van der Waals surface area contributed by atoms with E-state index in [1.165, 1.54) is 11.1 Å². The Morgan fingerprint density at radius 3 is 2.22 bits per heavy atom. The highest BCUT2D eigenvalue weighted by molar-refractivity contribution is 5.95. The average molecular weight is 411 g/mol. The van der Waals surface area contributed by atoms with Gasteiger partial charge in [-0.15, -0.1) is 24.8 Å². The molecule has 1 aliphatic rings. The minimum absolute atomic E-state index is 0. The smallest absolute Gasteiger partial charge is 0.337 e. The van der Waals surface area contributed by atoms with Gasteiger partial charge in [0, 0.05) is 20.6 Å². The lowest BCUT2D eigenvalue weighted by molar-refractivity contribution is 0.0697. The second-order valence-electron chi connectivity index (χ2n) is 6.98. The van der Waals surface area contributed by atoms with E-state index in [-0.39, 0.29) is 24.8 Å². The van der Waals surface area contributed by atoms with Crippen molar-refractivity contribution in [2.75, 3.05) is 32.1 Å². The molecule has 148 valence electrons. The van der Waals surface area contributed by atoms with Crippen molar-refractivity contribution in [3.8, 4) is 0 Å². The van der Waals surface area contributed by atoms with Crippen LogP contribution in [0.1, 0.15) is 40.2 Å². The van der Waals surface area contributed by atoms with E-state index in [0.29, 0.717) is 11.5 Å². The third-order valence-electron chi connectivity index (χ3n) is 5.02. The Kier molecular flexibility index (Phi) is 9.10. The number of nitrogens with zero attached hydrogens (tertiary/aromatic N) is 2. The SMILES string of the molecule is CN(C)c1c(C(=O)O)cccc1C1CCN(Cc2ccccc2)CC1.Cl.Cl. The number of carboxylic acid groups (broad SMARTS) is 1. The molecule has 3 rings (SSSR count). The van der Waals surface area contributed by atoms with E-state index in [1.54, 1.807) is 6.07 Å². The molecule has 0 saturated carbocycles. The van der Waals surface area contributed by atoms with Crippen molar-refractivity contribution < 1.29 is 9.90 Å². The number of benzene rings is 2. The van der Waals surface area contributed by atoms with Crippen molar-refractivity contribution in [1.29, 1.82) is 0 Å². The topological polar surface area (TPSA) is 43.8 Å². The van der Waals surface area contributed by atoms with Crippen molar-refractivity contribution in [2.24, 2.45) is 0 Å². The predicted octanol–water partition coefficient (Wildman–Crippen LogP) is 4.67. The monoisotopic (exact) mass is 410 g/mol. The zero-order valence-electron chi connectivity index (χ0n) is 15.8. The second kappa shape index (κ2) is 10.5. The molecular weight excluding hydrogens is 383 g/mol. The normalized spacial score (nSPS) is 14.7. The van der Waals surface area contributed by atoms with Crippen molar-refractivity contribution in [3.05, 3.63) is 65.2 Å². The first-order valence-corrected chi connectivity index (χ1v) is 8.86. The molecule has 2 aromatic rings. The predicted molar refractivity (Wildman–Crippen MR) is 116 cm³/mol. The van der Waals surface area contributed by atoms with Crippen LogP contribution in [0.15, 0.2) is 48.5 Å². The molecule has 0 aliphatic carbocycles. The number of para-hydroxylation sites is 1. The van der Waals surface area contributed by atoms with Gasteiger partial charge in [-0.1, -0.05) is 42.5 Å². The maximum atomic E-state index is 11.6. The van der Waals surface area contributed by atoms with Crippen molar-refractivity contribution in [3.63, 3.8) is 0 Å². The molecular formula is C21H28Cl2N2O2. The largest absolute Gasteiger partial charge is 0.478 e.